The highest BCUT2D eigenvalue weighted by atomic mass is 32.2. The number of hydrogen-bond acceptors (Lipinski definition) is 7. The number of rotatable bonds is 4. The van der Waals surface area contributed by atoms with Gasteiger partial charge in [-0.1, -0.05) is 30.0 Å². The molecule has 6 nitrogen and oxygen atoms in total. The minimum absolute atomic E-state index is 0.0951. The van der Waals surface area contributed by atoms with Crippen molar-refractivity contribution in [3.63, 3.8) is 0 Å². The number of nitrogens with zero attached hydrogens (tertiary/aromatic N) is 1. The molecule has 1 aliphatic heterocycles. The number of benzene rings is 1. The normalized spacial score (nSPS) is 15.8. The molecule has 0 atom stereocenters. The highest BCUT2D eigenvalue weighted by Crippen LogP contribution is 2.34. The molecule has 2 aromatic rings. The summed E-state index contributed by atoms with van der Waals surface area (Å²) < 4.78 is 16.1. The van der Waals surface area contributed by atoms with Crippen molar-refractivity contribution in [2.24, 2.45) is 0 Å². The molecule has 0 spiro atoms. The van der Waals surface area contributed by atoms with Gasteiger partial charge in [0.2, 0.25) is 5.76 Å². The number of thioether (sulfide) groups is 1. The fraction of sp³-hybridized carbons (Fsp3) is 0.118. The first-order chi connectivity index (χ1) is 12.0. The second-order valence-corrected chi connectivity index (χ2v) is 6.69. The number of esters is 1. The minimum Gasteiger partial charge on any atom is -0.493 e. The van der Waals surface area contributed by atoms with E-state index in [1.54, 1.807) is 37.4 Å². The third-order valence-corrected chi connectivity index (χ3v) is 4.88. The van der Waals surface area contributed by atoms with Crippen molar-refractivity contribution in [2.75, 3.05) is 14.2 Å². The molecule has 25 heavy (non-hydrogen) atoms. The highest BCUT2D eigenvalue weighted by molar-refractivity contribution is 8.26. The van der Waals surface area contributed by atoms with Gasteiger partial charge in [-0.25, -0.2) is 4.79 Å². The lowest BCUT2D eigenvalue weighted by molar-refractivity contribution is -0.121. The molecule has 0 N–H and O–H groups in total. The van der Waals surface area contributed by atoms with E-state index >= 15 is 0 Å². The summed E-state index contributed by atoms with van der Waals surface area (Å²) in [5, 5.41) is 0. The number of ether oxygens (including phenoxy) is 2. The van der Waals surface area contributed by atoms with Gasteiger partial charge in [0, 0.05) is 7.05 Å². The van der Waals surface area contributed by atoms with Crippen LogP contribution >= 0.6 is 24.0 Å². The zero-order valence-electron chi connectivity index (χ0n) is 13.3. The van der Waals surface area contributed by atoms with Crippen molar-refractivity contribution >= 4 is 46.3 Å². The Morgan fingerprint density at radius 1 is 1.32 bits per heavy atom. The molecule has 1 amide bonds. The molecule has 0 saturated carbocycles. The van der Waals surface area contributed by atoms with Crippen LogP contribution in [0, 0.1) is 0 Å². The molecule has 8 heteroatoms. The Hall–Kier alpha value is -2.58. The van der Waals surface area contributed by atoms with Crippen molar-refractivity contribution in [1.82, 2.24) is 4.90 Å². The molecule has 2 heterocycles. The van der Waals surface area contributed by atoms with Crippen molar-refractivity contribution in [2.45, 2.75) is 0 Å². The Kier molecular flexibility index (Phi) is 4.91. The van der Waals surface area contributed by atoms with Crippen LogP contribution in [-0.4, -0.2) is 35.3 Å². The minimum atomic E-state index is -0.622. The average Bonchev–Trinajstić information content (AvgIpc) is 3.22. The summed E-state index contributed by atoms with van der Waals surface area (Å²) in [6.45, 7) is 0. The largest absolute Gasteiger partial charge is 0.493 e. The molecule has 3 rings (SSSR count). The van der Waals surface area contributed by atoms with Crippen LogP contribution in [0.1, 0.15) is 16.1 Å². The Morgan fingerprint density at radius 3 is 2.72 bits per heavy atom. The predicted octanol–water partition coefficient (Wildman–Crippen LogP) is 3.34. The molecule has 0 unspecified atom stereocenters. The standard InChI is InChI=1S/C17H13NO5S2/c1-18-15(19)14(25-17(18)24)9-10-5-6-11(13(8-10)21-2)23-16(20)12-4-3-7-22-12/h3-9H,1-2H3. The SMILES string of the molecule is COc1cc(C=C2SC(=S)N(C)C2=O)ccc1OC(=O)c1ccco1. The van der Waals surface area contributed by atoms with Gasteiger partial charge in [0.15, 0.2) is 11.5 Å². The van der Waals surface area contributed by atoms with E-state index in [0.29, 0.717) is 15.0 Å². The van der Waals surface area contributed by atoms with Crippen LogP contribution in [0.2, 0.25) is 0 Å². The van der Waals surface area contributed by atoms with E-state index in [2.05, 4.69) is 0 Å². The van der Waals surface area contributed by atoms with Crippen LogP contribution in [0.4, 0.5) is 0 Å². The van der Waals surface area contributed by atoms with E-state index in [-0.39, 0.29) is 17.4 Å². The molecule has 1 fully saturated rings. The van der Waals surface area contributed by atoms with Gasteiger partial charge < -0.3 is 13.9 Å². The van der Waals surface area contributed by atoms with Crippen LogP contribution in [0.3, 0.4) is 0 Å². The summed E-state index contributed by atoms with van der Waals surface area (Å²) in [5.74, 6) is -0.0623. The maximum absolute atomic E-state index is 12.1. The van der Waals surface area contributed by atoms with Crippen LogP contribution in [-0.2, 0) is 4.79 Å². The fourth-order valence-electron chi connectivity index (χ4n) is 2.10. The van der Waals surface area contributed by atoms with Crippen molar-refractivity contribution in [3.8, 4) is 11.5 Å². The molecule has 1 aliphatic rings. The molecule has 0 radical (unpaired) electrons. The number of carbonyl (C=O) groups excluding carboxylic acids is 2. The molecular weight excluding hydrogens is 362 g/mol. The summed E-state index contributed by atoms with van der Waals surface area (Å²) >= 11 is 6.34. The monoisotopic (exact) mass is 375 g/mol. The molecule has 1 aromatic heterocycles. The van der Waals surface area contributed by atoms with Gasteiger partial charge in [0.05, 0.1) is 18.3 Å². The number of carbonyl (C=O) groups is 2. The topological polar surface area (TPSA) is 69.0 Å². The number of amides is 1. The lowest BCUT2D eigenvalue weighted by Crippen LogP contribution is -2.22. The van der Waals surface area contributed by atoms with E-state index in [1.807, 2.05) is 0 Å². The fourth-order valence-corrected chi connectivity index (χ4v) is 3.28. The number of likely N-dealkylation sites (N-methyl/N-ethyl adjacent to an activating group) is 1. The van der Waals surface area contributed by atoms with E-state index in [4.69, 9.17) is 26.1 Å². The van der Waals surface area contributed by atoms with Crippen molar-refractivity contribution in [3.05, 3.63) is 52.8 Å². The van der Waals surface area contributed by atoms with E-state index in [0.717, 1.165) is 5.56 Å². The zero-order valence-corrected chi connectivity index (χ0v) is 15.0. The quantitative estimate of drug-likeness (QED) is 0.351. The van der Waals surface area contributed by atoms with E-state index < -0.39 is 5.97 Å². The number of thiocarbonyl (C=S) groups is 1. The molecule has 1 saturated heterocycles. The number of hydrogen-bond donors (Lipinski definition) is 0. The Labute approximate surface area is 153 Å². The first-order valence-corrected chi connectivity index (χ1v) is 8.37. The van der Waals surface area contributed by atoms with Crippen molar-refractivity contribution < 1.29 is 23.5 Å². The first kappa shape index (κ1) is 17.2. The van der Waals surface area contributed by atoms with Crippen LogP contribution < -0.4 is 9.47 Å². The maximum atomic E-state index is 12.1. The lowest BCUT2D eigenvalue weighted by Gasteiger charge is -2.09. The van der Waals surface area contributed by atoms with Gasteiger partial charge in [-0.05, 0) is 35.9 Å². The molecule has 0 aliphatic carbocycles. The van der Waals surface area contributed by atoms with Crippen LogP contribution in [0.15, 0.2) is 45.9 Å². The smallest absolute Gasteiger partial charge is 0.379 e. The summed E-state index contributed by atoms with van der Waals surface area (Å²) in [7, 11) is 3.10. The Morgan fingerprint density at radius 2 is 2.12 bits per heavy atom. The molecular formula is C17H13NO5S2. The van der Waals surface area contributed by atoms with Crippen LogP contribution in [0.5, 0.6) is 11.5 Å². The maximum Gasteiger partial charge on any atom is 0.379 e. The molecule has 1 aromatic carbocycles. The van der Waals surface area contributed by atoms with Crippen LogP contribution in [0.25, 0.3) is 6.08 Å². The lowest BCUT2D eigenvalue weighted by atomic mass is 10.2. The Balaban J connectivity index is 1.84. The first-order valence-electron chi connectivity index (χ1n) is 7.15. The van der Waals surface area contributed by atoms with Gasteiger partial charge >= 0.3 is 5.97 Å². The third-order valence-electron chi connectivity index (χ3n) is 3.40. The van der Waals surface area contributed by atoms with Crippen molar-refractivity contribution in [1.29, 1.82) is 0 Å². The van der Waals surface area contributed by atoms with Gasteiger partial charge in [-0.15, -0.1) is 0 Å². The Bertz CT molecular complexity index is 873. The zero-order chi connectivity index (χ0) is 18.0. The van der Waals surface area contributed by atoms with E-state index in [1.165, 1.54) is 36.1 Å². The van der Waals surface area contributed by atoms with Gasteiger partial charge in [0.1, 0.15) is 4.32 Å². The average molecular weight is 375 g/mol. The summed E-state index contributed by atoms with van der Waals surface area (Å²) in [4.78, 5) is 26.0. The summed E-state index contributed by atoms with van der Waals surface area (Å²) in [5.41, 5.74) is 0.726. The third kappa shape index (κ3) is 3.59. The molecule has 0 bridgehead atoms. The number of methoxy groups -OCH3 is 1. The summed E-state index contributed by atoms with van der Waals surface area (Å²) in [6.07, 6.45) is 3.10. The molecule has 128 valence electrons. The second kappa shape index (κ2) is 7.12. The van der Waals surface area contributed by atoms with Gasteiger partial charge in [-0.2, -0.15) is 0 Å². The number of furan rings is 1. The van der Waals surface area contributed by atoms with Gasteiger partial charge in [-0.3, -0.25) is 9.69 Å². The summed E-state index contributed by atoms with van der Waals surface area (Å²) in [6, 6.07) is 8.09. The van der Waals surface area contributed by atoms with Gasteiger partial charge in [0.25, 0.3) is 5.91 Å². The predicted molar refractivity (Wildman–Crippen MR) is 97.6 cm³/mol. The van der Waals surface area contributed by atoms with E-state index in [9.17, 15) is 9.59 Å². The second-order valence-electron chi connectivity index (χ2n) is 5.02. The highest BCUT2D eigenvalue weighted by Gasteiger charge is 2.28.